The van der Waals surface area contributed by atoms with E-state index < -0.39 is 0 Å². The number of anilines is 3. The summed E-state index contributed by atoms with van der Waals surface area (Å²) in [5, 5.41) is 24.0. The van der Waals surface area contributed by atoms with Gasteiger partial charge in [0, 0.05) is 44.5 Å². The Hall–Kier alpha value is -2.37. The van der Waals surface area contributed by atoms with Crippen molar-refractivity contribution in [1.82, 2.24) is 25.3 Å². The Morgan fingerprint density at radius 3 is 2.68 bits per heavy atom. The molecule has 2 atom stereocenters. The standard InChI is InChI=1S/C23H36N8O2S/c1-15(2)21(16(3)4)31-10-11-33-18(14-31)12-20(32)26-23-29-28-22(34-23)25-17-7-9-30(13-17)19-6-5-8-24-27-19/h5-6,8,15-18,21H,7,9-14H2,1-4H3,(H,25,28)(H,26,29,32)/t17-,18?/m1/s1. The van der Waals surface area contributed by atoms with Crippen LogP contribution < -0.4 is 15.5 Å². The number of ether oxygens (including phenoxy) is 1. The van der Waals surface area contributed by atoms with Crippen LogP contribution in [0.25, 0.3) is 0 Å². The molecule has 2 aliphatic rings. The number of morpholine rings is 1. The molecule has 0 spiro atoms. The highest BCUT2D eigenvalue weighted by atomic mass is 32.1. The van der Waals surface area contributed by atoms with Crippen LogP contribution in [-0.4, -0.2) is 82.2 Å². The summed E-state index contributed by atoms with van der Waals surface area (Å²) in [5.41, 5.74) is 0. The number of nitrogens with one attached hydrogen (secondary N) is 2. The van der Waals surface area contributed by atoms with Crippen molar-refractivity contribution in [2.75, 3.05) is 48.3 Å². The van der Waals surface area contributed by atoms with Crippen LogP contribution in [0, 0.1) is 11.8 Å². The molecule has 186 valence electrons. The van der Waals surface area contributed by atoms with Crippen molar-refractivity contribution < 1.29 is 9.53 Å². The predicted molar refractivity (Wildman–Crippen MR) is 134 cm³/mol. The summed E-state index contributed by atoms with van der Waals surface area (Å²) in [5.74, 6) is 1.92. The third kappa shape index (κ3) is 6.39. The van der Waals surface area contributed by atoms with Gasteiger partial charge in [0.2, 0.25) is 16.2 Å². The highest BCUT2D eigenvalue weighted by Crippen LogP contribution is 2.26. The molecule has 2 aromatic rings. The van der Waals surface area contributed by atoms with Crippen molar-refractivity contribution in [2.45, 2.75) is 58.7 Å². The lowest BCUT2D eigenvalue weighted by Crippen LogP contribution is -2.52. The lowest BCUT2D eigenvalue weighted by Gasteiger charge is -2.42. The van der Waals surface area contributed by atoms with Crippen LogP contribution in [-0.2, 0) is 9.53 Å². The van der Waals surface area contributed by atoms with Gasteiger partial charge in [0.1, 0.15) is 0 Å². The van der Waals surface area contributed by atoms with Gasteiger partial charge in [-0.05, 0) is 30.4 Å². The summed E-state index contributed by atoms with van der Waals surface area (Å²) in [6.07, 6.45) is 2.86. The second-order valence-electron chi connectivity index (χ2n) is 9.79. The second-order valence-corrected chi connectivity index (χ2v) is 10.8. The Labute approximate surface area is 205 Å². The molecule has 0 radical (unpaired) electrons. The Bertz CT molecular complexity index is 917. The minimum atomic E-state index is -0.107. The van der Waals surface area contributed by atoms with Gasteiger partial charge in [-0.25, -0.2) is 0 Å². The smallest absolute Gasteiger partial charge is 0.228 e. The molecule has 2 fully saturated rings. The molecule has 2 aliphatic heterocycles. The van der Waals surface area contributed by atoms with E-state index in [4.69, 9.17) is 4.74 Å². The first kappa shape index (κ1) is 24.7. The van der Waals surface area contributed by atoms with Gasteiger partial charge in [0.05, 0.1) is 19.1 Å². The largest absolute Gasteiger partial charge is 0.375 e. The quantitative estimate of drug-likeness (QED) is 0.551. The molecular weight excluding hydrogens is 452 g/mol. The van der Waals surface area contributed by atoms with E-state index in [-0.39, 0.29) is 18.1 Å². The number of aromatic nitrogens is 4. The normalized spacial score (nSPS) is 21.6. The Morgan fingerprint density at radius 2 is 1.94 bits per heavy atom. The van der Waals surface area contributed by atoms with Crippen molar-refractivity contribution in [3.63, 3.8) is 0 Å². The van der Waals surface area contributed by atoms with Crippen LogP contribution in [0.4, 0.5) is 16.1 Å². The van der Waals surface area contributed by atoms with Crippen LogP contribution in [0.1, 0.15) is 40.5 Å². The highest BCUT2D eigenvalue weighted by Gasteiger charge is 2.31. The fourth-order valence-corrected chi connectivity index (χ4v) is 5.92. The van der Waals surface area contributed by atoms with E-state index in [2.05, 4.69) is 68.5 Å². The number of carbonyl (C=O) groups excluding carboxylic acids is 1. The molecule has 1 unspecified atom stereocenters. The number of nitrogens with zero attached hydrogens (tertiary/aromatic N) is 6. The zero-order chi connectivity index (χ0) is 24.1. The van der Waals surface area contributed by atoms with Gasteiger partial charge in [-0.15, -0.1) is 15.3 Å². The fraction of sp³-hybridized carbons (Fsp3) is 0.696. The summed E-state index contributed by atoms with van der Waals surface area (Å²) in [7, 11) is 0. The maximum absolute atomic E-state index is 12.7. The van der Waals surface area contributed by atoms with Gasteiger partial charge in [0.25, 0.3) is 0 Å². The summed E-state index contributed by atoms with van der Waals surface area (Å²) >= 11 is 1.36. The van der Waals surface area contributed by atoms with Gasteiger partial charge in [-0.3, -0.25) is 9.69 Å². The maximum atomic E-state index is 12.7. The molecule has 34 heavy (non-hydrogen) atoms. The molecule has 2 aromatic heterocycles. The molecule has 4 heterocycles. The Balaban J connectivity index is 1.24. The molecule has 1 amide bonds. The van der Waals surface area contributed by atoms with Gasteiger partial charge < -0.3 is 20.3 Å². The van der Waals surface area contributed by atoms with E-state index in [0.29, 0.717) is 41.2 Å². The van der Waals surface area contributed by atoms with Crippen LogP contribution in [0.5, 0.6) is 0 Å². The monoisotopic (exact) mass is 488 g/mol. The van der Waals surface area contributed by atoms with E-state index in [1.807, 2.05) is 12.1 Å². The average molecular weight is 489 g/mol. The Morgan fingerprint density at radius 1 is 1.15 bits per heavy atom. The zero-order valence-electron chi connectivity index (χ0n) is 20.5. The van der Waals surface area contributed by atoms with Crippen molar-refractivity contribution in [3.05, 3.63) is 18.3 Å². The summed E-state index contributed by atoms with van der Waals surface area (Å²) in [6.45, 7) is 13.1. The fourth-order valence-electron chi connectivity index (χ4n) is 5.18. The highest BCUT2D eigenvalue weighted by molar-refractivity contribution is 7.19. The third-order valence-electron chi connectivity index (χ3n) is 6.44. The van der Waals surface area contributed by atoms with Gasteiger partial charge in [-0.1, -0.05) is 39.0 Å². The first-order valence-corrected chi connectivity index (χ1v) is 13.0. The molecular formula is C23H36N8O2S. The Kier molecular flexibility index (Phi) is 8.28. The summed E-state index contributed by atoms with van der Waals surface area (Å²) < 4.78 is 5.90. The number of amides is 1. The van der Waals surface area contributed by atoms with E-state index in [0.717, 1.165) is 38.4 Å². The maximum Gasteiger partial charge on any atom is 0.228 e. The first-order chi connectivity index (χ1) is 16.4. The molecule has 2 saturated heterocycles. The number of rotatable bonds is 9. The van der Waals surface area contributed by atoms with Crippen molar-refractivity contribution in [1.29, 1.82) is 0 Å². The SMILES string of the molecule is CC(C)C(C(C)C)N1CCOC(CC(=O)Nc2nnc(N[C@@H]3CCN(c4cccnn4)C3)s2)C1. The lowest BCUT2D eigenvalue weighted by molar-refractivity contribution is -0.122. The van der Waals surface area contributed by atoms with Crippen molar-refractivity contribution >= 4 is 33.3 Å². The molecule has 2 N–H and O–H groups in total. The molecule has 4 rings (SSSR count). The van der Waals surface area contributed by atoms with Gasteiger partial charge >= 0.3 is 0 Å². The zero-order valence-corrected chi connectivity index (χ0v) is 21.3. The number of hydrogen-bond donors (Lipinski definition) is 2. The van der Waals surface area contributed by atoms with E-state index in [1.165, 1.54) is 11.3 Å². The van der Waals surface area contributed by atoms with Crippen LogP contribution in [0.15, 0.2) is 18.3 Å². The number of hydrogen-bond acceptors (Lipinski definition) is 10. The molecule has 0 bridgehead atoms. The van der Waals surface area contributed by atoms with E-state index in [9.17, 15) is 4.79 Å². The average Bonchev–Trinajstić information content (AvgIpc) is 3.44. The molecule has 10 nitrogen and oxygen atoms in total. The van der Waals surface area contributed by atoms with Gasteiger partial charge in [-0.2, -0.15) is 5.10 Å². The van der Waals surface area contributed by atoms with Crippen molar-refractivity contribution in [2.24, 2.45) is 11.8 Å². The van der Waals surface area contributed by atoms with Crippen molar-refractivity contribution in [3.8, 4) is 0 Å². The lowest BCUT2D eigenvalue weighted by atomic mass is 9.91. The molecule has 0 saturated carbocycles. The van der Waals surface area contributed by atoms with E-state index >= 15 is 0 Å². The number of carbonyl (C=O) groups is 1. The summed E-state index contributed by atoms with van der Waals surface area (Å²) in [6, 6.07) is 4.60. The van der Waals surface area contributed by atoms with Crippen LogP contribution in [0.2, 0.25) is 0 Å². The minimum Gasteiger partial charge on any atom is -0.375 e. The van der Waals surface area contributed by atoms with Crippen LogP contribution in [0.3, 0.4) is 0 Å². The van der Waals surface area contributed by atoms with Gasteiger partial charge in [0.15, 0.2) is 5.82 Å². The minimum absolute atomic E-state index is 0.0881. The molecule has 11 heteroatoms. The predicted octanol–water partition coefficient (Wildman–Crippen LogP) is 2.73. The van der Waals surface area contributed by atoms with Crippen LogP contribution >= 0.6 is 11.3 Å². The second kappa shape index (κ2) is 11.4. The molecule has 0 aromatic carbocycles. The molecule has 0 aliphatic carbocycles. The van der Waals surface area contributed by atoms with E-state index in [1.54, 1.807) is 6.20 Å². The summed E-state index contributed by atoms with van der Waals surface area (Å²) in [4.78, 5) is 17.3. The first-order valence-electron chi connectivity index (χ1n) is 12.2. The third-order valence-corrected chi connectivity index (χ3v) is 7.21. The topological polar surface area (TPSA) is 108 Å².